The van der Waals surface area contributed by atoms with Gasteiger partial charge in [-0.25, -0.2) is 4.39 Å². The summed E-state index contributed by atoms with van der Waals surface area (Å²) in [5, 5.41) is 0.345. The average molecular weight is 216 g/mol. The summed E-state index contributed by atoms with van der Waals surface area (Å²) < 4.78 is 13.3. The minimum Gasteiger partial charge on any atom is -0.342 e. The molecule has 0 N–H and O–H groups in total. The molecule has 4 heteroatoms. The second-order valence-corrected chi connectivity index (χ2v) is 3.48. The lowest BCUT2D eigenvalue weighted by molar-refractivity contribution is -0.128. The third-order valence-electron chi connectivity index (χ3n) is 1.99. The molecule has 0 atom stereocenters. The minimum atomic E-state index is -0.384. The third kappa shape index (κ3) is 2.45. The molecule has 0 fully saturated rings. The molecule has 0 bridgehead atoms. The van der Waals surface area contributed by atoms with Gasteiger partial charge >= 0.3 is 0 Å². The maximum atomic E-state index is 13.3. The summed E-state index contributed by atoms with van der Waals surface area (Å²) in [5.41, 5.74) is 0.354. The van der Waals surface area contributed by atoms with Crippen LogP contribution in [0.1, 0.15) is 12.5 Å². The Kier molecular flexibility index (Phi) is 3.47. The van der Waals surface area contributed by atoms with Crippen LogP contribution in [0.25, 0.3) is 0 Å². The second-order valence-electron chi connectivity index (χ2n) is 3.08. The lowest BCUT2D eigenvalue weighted by Crippen LogP contribution is -2.23. The van der Waals surface area contributed by atoms with Crippen LogP contribution >= 0.6 is 11.6 Å². The number of hydrogen-bond donors (Lipinski definition) is 0. The number of amides is 1. The first kappa shape index (κ1) is 11.0. The van der Waals surface area contributed by atoms with Gasteiger partial charge in [0, 0.05) is 31.1 Å². The van der Waals surface area contributed by atoms with E-state index in [-0.39, 0.29) is 18.3 Å². The first-order valence-corrected chi connectivity index (χ1v) is 4.54. The number of benzene rings is 1. The zero-order valence-electron chi connectivity index (χ0n) is 8.05. The van der Waals surface area contributed by atoms with Crippen LogP contribution in [0, 0.1) is 5.82 Å². The Morgan fingerprint density at radius 3 is 2.71 bits per heavy atom. The molecule has 0 aromatic heterocycles. The predicted octanol–water partition coefficient (Wildman–Crippen LogP) is 2.46. The molecule has 0 saturated heterocycles. The molecule has 0 radical (unpaired) electrons. The topological polar surface area (TPSA) is 20.3 Å². The Morgan fingerprint density at radius 1 is 1.57 bits per heavy atom. The van der Waals surface area contributed by atoms with Crippen molar-refractivity contribution in [1.82, 2.24) is 4.90 Å². The highest BCUT2D eigenvalue weighted by molar-refractivity contribution is 6.31. The van der Waals surface area contributed by atoms with Crippen molar-refractivity contribution in [2.75, 3.05) is 7.05 Å². The molecule has 0 aliphatic carbocycles. The van der Waals surface area contributed by atoms with Gasteiger partial charge in [0.1, 0.15) is 5.82 Å². The Labute approximate surface area is 87.3 Å². The summed E-state index contributed by atoms with van der Waals surface area (Å²) in [4.78, 5) is 12.3. The van der Waals surface area contributed by atoms with Crippen molar-refractivity contribution >= 4 is 17.5 Å². The van der Waals surface area contributed by atoms with E-state index in [1.54, 1.807) is 13.1 Å². The lowest BCUT2D eigenvalue weighted by atomic mass is 10.2. The van der Waals surface area contributed by atoms with E-state index < -0.39 is 0 Å². The number of halogens is 2. The molecule has 0 heterocycles. The van der Waals surface area contributed by atoms with E-state index in [1.165, 1.54) is 24.0 Å². The first-order chi connectivity index (χ1) is 6.52. The molecule has 0 aliphatic heterocycles. The Morgan fingerprint density at radius 2 is 2.21 bits per heavy atom. The summed E-state index contributed by atoms with van der Waals surface area (Å²) in [6, 6.07) is 4.47. The van der Waals surface area contributed by atoms with E-state index in [2.05, 4.69) is 0 Å². The van der Waals surface area contributed by atoms with E-state index >= 15 is 0 Å². The summed E-state index contributed by atoms with van der Waals surface area (Å²) in [6.45, 7) is 1.62. The number of carbonyl (C=O) groups is 1. The molecule has 14 heavy (non-hydrogen) atoms. The van der Waals surface area contributed by atoms with Gasteiger partial charge in [0.25, 0.3) is 0 Å². The fraction of sp³-hybridized carbons (Fsp3) is 0.300. The summed E-state index contributed by atoms with van der Waals surface area (Å²) >= 11 is 5.80. The van der Waals surface area contributed by atoms with Crippen molar-refractivity contribution in [3.8, 4) is 0 Å². The SMILES string of the molecule is CC(=O)N(C)Cc1c(F)cccc1Cl. The maximum Gasteiger partial charge on any atom is 0.219 e. The Bertz CT molecular complexity index is 334. The molecular weight excluding hydrogens is 205 g/mol. The smallest absolute Gasteiger partial charge is 0.219 e. The molecule has 76 valence electrons. The van der Waals surface area contributed by atoms with Crippen molar-refractivity contribution in [3.63, 3.8) is 0 Å². The number of carbonyl (C=O) groups excluding carboxylic acids is 1. The predicted molar refractivity (Wildman–Crippen MR) is 53.6 cm³/mol. The summed E-state index contributed by atoms with van der Waals surface area (Å²) in [6.07, 6.45) is 0. The fourth-order valence-electron chi connectivity index (χ4n) is 1.03. The van der Waals surface area contributed by atoms with Crippen LogP contribution in [0.15, 0.2) is 18.2 Å². The molecule has 0 aliphatic rings. The van der Waals surface area contributed by atoms with Crippen LogP contribution in [-0.4, -0.2) is 17.9 Å². The number of nitrogens with zero attached hydrogens (tertiary/aromatic N) is 1. The molecule has 2 nitrogen and oxygen atoms in total. The lowest BCUT2D eigenvalue weighted by Gasteiger charge is -2.15. The molecule has 0 unspecified atom stereocenters. The van der Waals surface area contributed by atoms with E-state index in [9.17, 15) is 9.18 Å². The highest BCUT2D eigenvalue weighted by atomic mass is 35.5. The van der Waals surface area contributed by atoms with Crippen molar-refractivity contribution in [3.05, 3.63) is 34.6 Å². The van der Waals surface area contributed by atoms with Gasteiger partial charge in [0.2, 0.25) is 5.91 Å². The molecule has 0 spiro atoms. The fourth-order valence-corrected chi connectivity index (χ4v) is 1.25. The molecule has 1 aromatic rings. The average Bonchev–Trinajstić information content (AvgIpc) is 2.11. The van der Waals surface area contributed by atoms with Crippen LogP contribution in [0.2, 0.25) is 5.02 Å². The Hall–Kier alpha value is -1.09. The number of hydrogen-bond acceptors (Lipinski definition) is 1. The molecule has 1 rings (SSSR count). The summed E-state index contributed by atoms with van der Waals surface area (Å²) in [5.74, 6) is -0.505. The van der Waals surface area contributed by atoms with Gasteiger partial charge in [-0.05, 0) is 12.1 Å². The van der Waals surface area contributed by atoms with Gasteiger partial charge in [-0.2, -0.15) is 0 Å². The van der Waals surface area contributed by atoms with Gasteiger partial charge in [0.15, 0.2) is 0 Å². The zero-order valence-corrected chi connectivity index (χ0v) is 8.81. The molecule has 1 aromatic carbocycles. The van der Waals surface area contributed by atoms with E-state index in [1.807, 2.05) is 0 Å². The molecule has 1 amide bonds. The standard InChI is InChI=1S/C10H11ClFNO/c1-7(14)13(2)6-8-9(11)4-3-5-10(8)12/h3-5H,6H2,1-2H3. The van der Waals surface area contributed by atoms with Crippen molar-refractivity contribution in [1.29, 1.82) is 0 Å². The minimum absolute atomic E-state index is 0.121. The zero-order chi connectivity index (χ0) is 10.7. The maximum absolute atomic E-state index is 13.3. The highest BCUT2D eigenvalue weighted by Crippen LogP contribution is 2.20. The van der Waals surface area contributed by atoms with Crippen LogP contribution < -0.4 is 0 Å². The normalized spacial score (nSPS) is 10.0. The van der Waals surface area contributed by atoms with Crippen LogP contribution in [0.5, 0.6) is 0 Å². The van der Waals surface area contributed by atoms with Gasteiger partial charge in [-0.3, -0.25) is 4.79 Å². The van der Waals surface area contributed by atoms with Crippen LogP contribution in [0.4, 0.5) is 4.39 Å². The third-order valence-corrected chi connectivity index (χ3v) is 2.35. The van der Waals surface area contributed by atoms with E-state index in [0.717, 1.165) is 0 Å². The number of rotatable bonds is 2. The van der Waals surface area contributed by atoms with Crippen LogP contribution in [0.3, 0.4) is 0 Å². The van der Waals surface area contributed by atoms with Gasteiger partial charge in [-0.15, -0.1) is 0 Å². The van der Waals surface area contributed by atoms with Crippen molar-refractivity contribution < 1.29 is 9.18 Å². The molecule has 0 saturated carbocycles. The van der Waals surface area contributed by atoms with Gasteiger partial charge in [-0.1, -0.05) is 17.7 Å². The van der Waals surface area contributed by atoms with E-state index in [4.69, 9.17) is 11.6 Å². The monoisotopic (exact) mass is 215 g/mol. The first-order valence-electron chi connectivity index (χ1n) is 4.17. The van der Waals surface area contributed by atoms with Crippen molar-refractivity contribution in [2.24, 2.45) is 0 Å². The Balaban J connectivity index is 2.91. The quantitative estimate of drug-likeness (QED) is 0.742. The largest absolute Gasteiger partial charge is 0.342 e. The van der Waals surface area contributed by atoms with Crippen molar-refractivity contribution in [2.45, 2.75) is 13.5 Å². The van der Waals surface area contributed by atoms with Gasteiger partial charge < -0.3 is 4.90 Å². The highest BCUT2D eigenvalue weighted by Gasteiger charge is 2.10. The summed E-state index contributed by atoms with van der Waals surface area (Å²) in [7, 11) is 1.60. The van der Waals surface area contributed by atoms with E-state index in [0.29, 0.717) is 10.6 Å². The second kappa shape index (κ2) is 4.42. The van der Waals surface area contributed by atoms with Crippen LogP contribution in [-0.2, 0) is 11.3 Å². The van der Waals surface area contributed by atoms with Gasteiger partial charge in [0.05, 0.1) is 0 Å². The molecular formula is C10H11ClFNO.